The van der Waals surface area contributed by atoms with Crippen molar-refractivity contribution in [3.8, 4) is 5.75 Å². The number of hydrogen-bond acceptors (Lipinski definition) is 2. The molecule has 0 unspecified atom stereocenters. The maximum absolute atomic E-state index is 11.4. The van der Waals surface area contributed by atoms with Crippen LogP contribution < -0.4 is 5.32 Å². The zero-order valence-corrected chi connectivity index (χ0v) is 8.44. The smallest absolute Gasteiger partial charge is 0.317 e. The number of phenols is 1. The Morgan fingerprint density at radius 1 is 1.33 bits per heavy atom. The lowest BCUT2D eigenvalue weighted by atomic mass is 10.2. The summed E-state index contributed by atoms with van der Waals surface area (Å²) in [5, 5.41) is 11.9. The molecule has 1 heterocycles. The Morgan fingerprint density at radius 3 is 2.73 bits per heavy atom. The third-order valence-corrected chi connectivity index (χ3v) is 2.48. The Hall–Kier alpha value is -1.71. The predicted octanol–water partition coefficient (Wildman–Crippen LogP) is 1.31. The van der Waals surface area contributed by atoms with Crippen molar-refractivity contribution in [3.63, 3.8) is 0 Å². The third-order valence-electron chi connectivity index (χ3n) is 2.48. The van der Waals surface area contributed by atoms with Crippen molar-refractivity contribution in [1.29, 1.82) is 0 Å². The SMILES string of the molecule is O=C1NCCCN1Cc1ccc(O)cc1. The lowest BCUT2D eigenvalue weighted by Gasteiger charge is -2.27. The number of phenolic OH excluding ortho intramolecular Hbond substituents is 1. The van der Waals surface area contributed by atoms with Gasteiger partial charge in [-0.2, -0.15) is 0 Å². The van der Waals surface area contributed by atoms with Gasteiger partial charge in [-0.3, -0.25) is 0 Å². The van der Waals surface area contributed by atoms with Crippen molar-refractivity contribution < 1.29 is 9.90 Å². The largest absolute Gasteiger partial charge is 0.508 e. The first-order valence-electron chi connectivity index (χ1n) is 5.06. The Kier molecular flexibility index (Phi) is 2.76. The van der Waals surface area contributed by atoms with Gasteiger partial charge >= 0.3 is 6.03 Å². The van der Waals surface area contributed by atoms with Gasteiger partial charge in [-0.1, -0.05) is 12.1 Å². The molecule has 2 rings (SSSR count). The monoisotopic (exact) mass is 206 g/mol. The van der Waals surface area contributed by atoms with Gasteiger partial charge in [0.25, 0.3) is 0 Å². The minimum absolute atomic E-state index is 0.00525. The first-order chi connectivity index (χ1) is 7.25. The van der Waals surface area contributed by atoms with E-state index in [1.165, 1.54) is 0 Å². The van der Waals surface area contributed by atoms with Gasteiger partial charge in [-0.05, 0) is 24.1 Å². The van der Waals surface area contributed by atoms with Crippen LogP contribution in [0.3, 0.4) is 0 Å². The molecule has 4 nitrogen and oxygen atoms in total. The number of urea groups is 1. The maximum Gasteiger partial charge on any atom is 0.317 e. The Morgan fingerprint density at radius 2 is 2.07 bits per heavy atom. The summed E-state index contributed by atoms with van der Waals surface area (Å²) >= 11 is 0. The van der Waals surface area contributed by atoms with Gasteiger partial charge in [-0.25, -0.2) is 4.79 Å². The van der Waals surface area contributed by atoms with Crippen molar-refractivity contribution >= 4 is 6.03 Å². The number of carbonyl (C=O) groups excluding carboxylic acids is 1. The van der Waals surface area contributed by atoms with Crippen molar-refractivity contribution in [2.24, 2.45) is 0 Å². The highest BCUT2D eigenvalue weighted by atomic mass is 16.3. The number of nitrogens with one attached hydrogen (secondary N) is 1. The zero-order chi connectivity index (χ0) is 10.7. The van der Waals surface area contributed by atoms with E-state index in [4.69, 9.17) is 5.11 Å². The van der Waals surface area contributed by atoms with Crippen LogP contribution in [0.25, 0.3) is 0 Å². The van der Waals surface area contributed by atoms with E-state index < -0.39 is 0 Å². The average Bonchev–Trinajstić information content (AvgIpc) is 2.25. The van der Waals surface area contributed by atoms with E-state index in [0.29, 0.717) is 6.54 Å². The van der Waals surface area contributed by atoms with E-state index in [2.05, 4.69) is 5.32 Å². The van der Waals surface area contributed by atoms with Crippen LogP contribution in [0, 0.1) is 0 Å². The Labute approximate surface area is 88.5 Å². The number of rotatable bonds is 2. The normalized spacial score (nSPS) is 16.3. The molecule has 1 aromatic rings. The molecule has 2 amide bonds. The molecule has 4 heteroatoms. The van der Waals surface area contributed by atoms with Crippen LogP contribution in [0.15, 0.2) is 24.3 Å². The number of benzene rings is 1. The molecule has 1 saturated heterocycles. The maximum atomic E-state index is 11.4. The molecule has 0 bridgehead atoms. The molecule has 1 aliphatic rings. The quantitative estimate of drug-likeness (QED) is 0.766. The average molecular weight is 206 g/mol. The minimum atomic E-state index is -0.00525. The predicted molar refractivity (Wildman–Crippen MR) is 56.5 cm³/mol. The van der Waals surface area contributed by atoms with Crippen molar-refractivity contribution in [3.05, 3.63) is 29.8 Å². The van der Waals surface area contributed by atoms with E-state index in [9.17, 15) is 4.79 Å². The molecule has 0 aromatic heterocycles. The van der Waals surface area contributed by atoms with Gasteiger partial charge in [0.2, 0.25) is 0 Å². The second-order valence-corrected chi connectivity index (χ2v) is 3.67. The first kappa shape index (κ1) is 9.83. The third kappa shape index (κ3) is 2.40. The fourth-order valence-electron chi connectivity index (χ4n) is 1.65. The van der Waals surface area contributed by atoms with Gasteiger partial charge in [0.05, 0.1) is 0 Å². The van der Waals surface area contributed by atoms with Crippen molar-refractivity contribution in [2.45, 2.75) is 13.0 Å². The van der Waals surface area contributed by atoms with Crippen LogP contribution in [0.5, 0.6) is 5.75 Å². The molecule has 15 heavy (non-hydrogen) atoms. The second kappa shape index (κ2) is 4.21. The molecule has 2 N–H and O–H groups in total. The zero-order valence-electron chi connectivity index (χ0n) is 8.44. The number of nitrogens with zero attached hydrogens (tertiary/aromatic N) is 1. The summed E-state index contributed by atoms with van der Waals surface area (Å²) < 4.78 is 0. The second-order valence-electron chi connectivity index (χ2n) is 3.67. The molecule has 1 fully saturated rings. The fraction of sp³-hybridized carbons (Fsp3) is 0.364. The van der Waals surface area contributed by atoms with E-state index in [1.807, 2.05) is 12.1 Å². The Bertz CT molecular complexity index is 348. The minimum Gasteiger partial charge on any atom is -0.508 e. The van der Waals surface area contributed by atoms with Gasteiger partial charge in [0, 0.05) is 19.6 Å². The summed E-state index contributed by atoms with van der Waals surface area (Å²) in [4.78, 5) is 13.2. The van der Waals surface area contributed by atoms with E-state index in [-0.39, 0.29) is 11.8 Å². The van der Waals surface area contributed by atoms with Gasteiger partial charge in [0.1, 0.15) is 5.75 Å². The van der Waals surface area contributed by atoms with Crippen LogP contribution in [0.2, 0.25) is 0 Å². The van der Waals surface area contributed by atoms with E-state index in [1.54, 1.807) is 17.0 Å². The summed E-state index contributed by atoms with van der Waals surface area (Å²) in [6, 6.07) is 6.93. The van der Waals surface area contributed by atoms with Gasteiger partial charge in [-0.15, -0.1) is 0 Å². The van der Waals surface area contributed by atoms with Crippen molar-refractivity contribution in [2.75, 3.05) is 13.1 Å². The molecule has 1 aromatic carbocycles. The van der Waals surface area contributed by atoms with Crippen LogP contribution in [-0.2, 0) is 6.54 Å². The molecular weight excluding hydrogens is 192 g/mol. The summed E-state index contributed by atoms with van der Waals surface area (Å²) in [5.74, 6) is 0.252. The van der Waals surface area contributed by atoms with E-state index in [0.717, 1.165) is 25.1 Å². The number of amides is 2. The summed E-state index contributed by atoms with van der Waals surface area (Å²) in [7, 11) is 0. The lowest BCUT2D eigenvalue weighted by molar-refractivity contribution is 0.183. The van der Waals surface area contributed by atoms with Crippen LogP contribution in [0.4, 0.5) is 4.79 Å². The van der Waals surface area contributed by atoms with Crippen LogP contribution in [0.1, 0.15) is 12.0 Å². The highest BCUT2D eigenvalue weighted by Gasteiger charge is 2.16. The molecular formula is C11H14N2O2. The highest BCUT2D eigenvalue weighted by Crippen LogP contribution is 2.12. The topological polar surface area (TPSA) is 52.6 Å². The van der Waals surface area contributed by atoms with E-state index >= 15 is 0 Å². The summed E-state index contributed by atoms with van der Waals surface area (Å²) in [6.45, 7) is 2.17. The lowest BCUT2D eigenvalue weighted by Crippen LogP contribution is -2.45. The summed E-state index contributed by atoms with van der Waals surface area (Å²) in [5.41, 5.74) is 1.03. The van der Waals surface area contributed by atoms with Crippen LogP contribution in [-0.4, -0.2) is 29.1 Å². The molecule has 0 radical (unpaired) electrons. The molecule has 0 spiro atoms. The molecule has 0 atom stereocenters. The summed E-state index contributed by atoms with van der Waals surface area (Å²) in [6.07, 6.45) is 0.990. The first-order valence-corrected chi connectivity index (χ1v) is 5.06. The number of hydrogen-bond donors (Lipinski definition) is 2. The molecule has 0 saturated carbocycles. The van der Waals surface area contributed by atoms with Crippen molar-refractivity contribution in [1.82, 2.24) is 10.2 Å². The van der Waals surface area contributed by atoms with Crippen LogP contribution >= 0.6 is 0 Å². The molecule has 0 aliphatic carbocycles. The van der Waals surface area contributed by atoms with Gasteiger partial charge < -0.3 is 15.3 Å². The molecule has 80 valence electrons. The molecule has 1 aliphatic heterocycles. The highest BCUT2D eigenvalue weighted by molar-refractivity contribution is 5.74. The standard InChI is InChI=1S/C11H14N2O2/c14-10-4-2-9(3-5-10)8-13-7-1-6-12-11(13)15/h2-5,14H,1,6-8H2,(H,12,15). The number of aromatic hydroxyl groups is 1. The fourth-order valence-corrected chi connectivity index (χ4v) is 1.65. The Balaban J connectivity index is 2.01. The van der Waals surface area contributed by atoms with Gasteiger partial charge in [0.15, 0.2) is 0 Å². The number of carbonyl (C=O) groups is 1.